The first-order valence-corrected chi connectivity index (χ1v) is 9.46. The first-order valence-electron chi connectivity index (χ1n) is 8.58. The van der Waals surface area contributed by atoms with E-state index in [4.69, 9.17) is 0 Å². The quantitative estimate of drug-likeness (QED) is 0.864. The Kier molecular flexibility index (Phi) is 6.19. The third kappa shape index (κ3) is 5.41. The molecule has 0 radical (unpaired) electrons. The molecule has 1 aliphatic heterocycles. The standard InChI is InChI=1S/C19H23N3O2S/c23-18(20-16-5-2-1-3-6-16)15-21-10-12-22(13-11-21)19(24)9-8-17-7-4-14-25-17/h1-7,14H,8-13,15H2,(H,20,23). The van der Waals surface area contributed by atoms with E-state index in [0.717, 1.165) is 25.2 Å². The Bertz CT molecular complexity index is 680. The lowest BCUT2D eigenvalue weighted by Crippen LogP contribution is -2.50. The van der Waals surface area contributed by atoms with Crippen LogP contribution in [-0.4, -0.2) is 54.3 Å². The van der Waals surface area contributed by atoms with Crippen molar-refractivity contribution in [3.8, 4) is 0 Å². The van der Waals surface area contributed by atoms with Crippen LogP contribution in [0.3, 0.4) is 0 Å². The molecule has 0 spiro atoms. The number of carbonyl (C=O) groups is 2. The summed E-state index contributed by atoms with van der Waals surface area (Å²) in [4.78, 5) is 29.7. The fourth-order valence-corrected chi connectivity index (χ4v) is 3.63. The highest BCUT2D eigenvalue weighted by Gasteiger charge is 2.22. The molecule has 1 fully saturated rings. The largest absolute Gasteiger partial charge is 0.340 e. The zero-order valence-corrected chi connectivity index (χ0v) is 15.0. The van der Waals surface area contributed by atoms with Crippen molar-refractivity contribution in [2.45, 2.75) is 12.8 Å². The highest BCUT2D eigenvalue weighted by molar-refractivity contribution is 7.09. The summed E-state index contributed by atoms with van der Waals surface area (Å²) in [6.45, 7) is 3.25. The summed E-state index contributed by atoms with van der Waals surface area (Å²) < 4.78 is 0. The van der Waals surface area contributed by atoms with Crippen molar-refractivity contribution in [2.24, 2.45) is 0 Å². The molecule has 0 atom stereocenters. The van der Waals surface area contributed by atoms with E-state index in [2.05, 4.69) is 16.3 Å². The smallest absolute Gasteiger partial charge is 0.238 e. The first kappa shape index (κ1) is 17.6. The van der Waals surface area contributed by atoms with Gasteiger partial charge >= 0.3 is 0 Å². The molecule has 25 heavy (non-hydrogen) atoms. The van der Waals surface area contributed by atoms with Crippen molar-refractivity contribution in [1.29, 1.82) is 0 Å². The van der Waals surface area contributed by atoms with Crippen LogP contribution >= 0.6 is 11.3 Å². The zero-order valence-electron chi connectivity index (χ0n) is 14.2. The van der Waals surface area contributed by atoms with E-state index in [1.165, 1.54) is 4.88 Å². The summed E-state index contributed by atoms with van der Waals surface area (Å²) in [5.74, 6) is 0.199. The number of para-hydroxylation sites is 1. The highest BCUT2D eigenvalue weighted by atomic mass is 32.1. The van der Waals surface area contributed by atoms with Crippen LogP contribution in [0.15, 0.2) is 47.8 Å². The molecule has 0 aliphatic carbocycles. The van der Waals surface area contributed by atoms with Crippen LogP contribution in [0.2, 0.25) is 0 Å². The van der Waals surface area contributed by atoms with Gasteiger partial charge in [0.05, 0.1) is 6.54 Å². The molecular weight excluding hydrogens is 334 g/mol. The molecule has 0 saturated carbocycles. The van der Waals surface area contributed by atoms with Gasteiger partial charge in [-0.3, -0.25) is 14.5 Å². The topological polar surface area (TPSA) is 52.7 Å². The van der Waals surface area contributed by atoms with Gasteiger partial charge in [-0.05, 0) is 30.0 Å². The number of hydrogen-bond acceptors (Lipinski definition) is 4. The molecular formula is C19H23N3O2S. The van der Waals surface area contributed by atoms with Crippen molar-refractivity contribution >= 4 is 28.8 Å². The number of nitrogens with one attached hydrogen (secondary N) is 1. The Hall–Kier alpha value is -2.18. The van der Waals surface area contributed by atoms with Crippen molar-refractivity contribution in [2.75, 3.05) is 38.0 Å². The average Bonchev–Trinajstić information content (AvgIpc) is 3.14. The molecule has 2 amide bonds. The second kappa shape index (κ2) is 8.78. The average molecular weight is 357 g/mol. The van der Waals surface area contributed by atoms with Gasteiger partial charge in [0, 0.05) is 43.2 Å². The number of anilines is 1. The summed E-state index contributed by atoms with van der Waals surface area (Å²) in [5, 5.41) is 4.94. The Morgan fingerprint density at radius 3 is 2.44 bits per heavy atom. The lowest BCUT2D eigenvalue weighted by Gasteiger charge is -2.34. The molecule has 6 heteroatoms. The molecule has 2 heterocycles. The number of benzene rings is 1. The Morgan fingerprint density at radius 1 is 1.00 bits per heavy atom. The highest BCUT2D eigenvalue weighted by Crippen LogP contribution is 2.13. The normalized spacial score (nSPS) is 15.1. The zero-order chi connectivity index (χ0) is 17.5. The molecule has 1 saturated heterocycles. The molecule has 3 rings (SSSR count). The van der Waals surface area contributed by atoms with Gasteiger partial charge < -0.3 is 10.2 Å². The minimum atomic E-state index is -0.0105. The Balaban J connectivity index is 1.38. The number of aryl methyl sites for hydroxylation is 1. The summed E-state index contributed by atoms with van der Waals surface area (Å²) in [5.41, 5.74) is 0.815. The van der Waals surface area contributed by atoms with Gasteiger partial charge in [-0.15, -0.1) is 11.3 Å². The number of rotatable bonds is 6. The van der Waals surface area contributed by atoms with Gasteiger partial charge in [0.2, 0.25) is 11.8 Å². The van der Waals surface area contributed by atoms with Crippen molar-refractivity contribution in [3.63, 3.8) is 0 Å². The maximum Gasteiger partial charge on any atom is 0.238 e. The Labute approximate surface area is 152 Å². The van der Waals surface area contributed by atoms with E-state index >= 15 is 0 Å². The molecule has 1 aromatic heterocycles. The van der Waals surface area contributed by atoms with E-state index in [1.54, 1.807) is 11.3 Å². The number of thiophene rings is 1. The summed E-state index contributed by atoms with van der Waals surface area (Å²) >= 11 is 1.70. The number of nitrogens with zero attached hydrogens (tertiary/aromatic N) is 2. The van der Waals surface area contributed by atoms with Crippen molar-refractivity contribution < 1.29 is 9.59 Å². The third-order valence-corrected chi connectivity index (χ3v) is 5.25. The van der Waals surface area contributed by atoms with Crippen LogP contribution in [0, 0.1) is 0 Å². The van der Waals surface area contributed by atoms with Crippen LogP contribution in [0.25, 0.3) is 0 Å². The van der Waals surface area contributed by atoms with E-state index in [1.807, 2.05) is 46.7 Å². The van der Waals surface area contributed by atoms with Gasteiger partial charge in [0.15, 0.2) is 0 Å². The number of carbonyl (C=O) groups excluding carboxylic acids is 2. The maximum atomic E-state index is 12.3. The molecule has 1 aliphatic rings. The predicted molar refractivity (Wildman–Crippen MR) is 101 cm³/mol. The van der Waals surface area contributed by atoms with Crippen molar-refractivity contribution in [3.05, 3.63) is 52.7 Å². The number of hydrogen-bond donors (Lipinski definition) is 1. The second-order valence-corrected chi connectivity index (χ2v) is 7.18. The molecule has 1 aromatic carbocycles. The number of amides is 2. The molecule has 5 nitrogen and oxygen atoms in total. The minimum absolute atomic E-state index is 0.0105. The summed E-state index contributed by atoms with van der Waals surface area (Å²) in [6.07, 6.45) is 1.38. The van der Waals surface area contributed by atoms with Gasteiger partial charge in [-0.2, -0.15) is 0 Å². The summed E-state index contributed by atoms with van der Waals surface area (Å²) in [6, 6.07) is 13.6. The van der Waals surface area contributed by atoms with Gasteiger partial charge in [-0.25, -0.2) is 0 Å². The van der Waals surface area contributed by atoms with Gasteiger partial charge in [0.25, 0.3) is 0 Å². The maximum absolute atomic E-state index is 12.3. The van der Waals surface area contributed by atoms with Crippen LogP contribution in [0.1, 0.15) is 11.3 Å². The minimum Gasteiger partial charge on any atom is -0.340 e. The van der Waals surface area contributed by atoms with E-state index in [9.17, 15) is 9.59 Å². The molecule has 2 aromatic rings. The third-order valence-electron chi connectivity index (χ3n) is 4.32. The van der Waals surface area contributed by atoms with E-state index < -0.39 is 0 Å². The molecule has 1 N–H and O–H groups in total. The fourth-order valence-electron chi connectivity index (χ4n) is 2.92. The molecule has 0 bridgehead atoms. The SMILES string of the molecule is O=C(CN1CCN(C(=O)CCc2cccs2)CC1)Nc1ccccc1. The van der Waals surface area contributed by atoms with Crippen LogP contribution in [0.4, 0.5) is 5.69 Å². The Morgan fingerprint density at radius 2 is 1.76 bits per heavy atom. The van der Waals surface area contributed by atoms with Gasteiger partial charge in [-0.1, -0.05) is 24.3 Å². The van der Waals surface area contributed by atoms with Crippen LogP contribution in [-0.2, 0) is 16.0 Å². The lowest BCUT2D eigenvalue weighted by molar-refractivity contribution is -0.133. The monoisotopic (exact) mass is 357 g/mol. The summed E-state index contributed by atoms with van der Waals surface area (Å²) in [7, 11) is 0. The van der Waals surface area contributed by atoms with Crippen molar-refractivity contribution in [1.82, 2.24) is 9.80 Å². The first-order chi connectivity index (χ1) is 12.2. The van der Waals surface area contributed by atoms with Crippen LogP contribution < -0.4 is 5.32 Å². The molecule has 132 valence electrons. The van der Waals surface area contributed by atoms with Gasteiger partial charge in [0.1, 0.15) is 0 Å². The molecule has 0 unspecified atom stereocenters. The second-order valence-electron chi connectivity index (χ2n) is 6.15. The fraction of sp³-hybridized carbons (Fsp3) is 0.368. The van der Waals surface area contributed by atoms with E-state index in [0.29, 0.717) is 26.1 Å². The van der Waals surface area contributed by atoms with Crippen LogP contribution in [0.5, 0.6) is 0 Å². The van der Waals surface area contributed by atoms with E-state index in [-0.39, 0.29) is 11.8 Å². The lowest BCUT2D eigenvalue weighted by atomic mass is 10.2. The number of piperazine rings is 1. The predicted octanol–water partition coefficient (Wildman–Crippen LogP) is 2.46.